The predicted molar refractivity (Wildman–Crippen MR) is 68.3 cm³/mol. The molecule has 0 spiro atoms. The number of hydrogen-bond acceptors (Lipinski definition) is 4. The van der Waals surface area contributed by atoms with E-state index in [1.54, 1.807) is 6.07 Å². The van der Waals surface area contributed by atoms with Crippen LogP contribution in [0.2, 0.25) is 0 Å². The zero-order valence-electron chi connectivity index (χ0n) is 8.93. The molecule has 1 N–H and O–H groups in total. The monoisotopic (exact) mass is 311 g/mol. The van der Waals surface area contributed by atoms with Gasteiger partial charge in [0, 0.05) is 16.7 Å². The summed E-state index contributed by atoms with van der Waals surface area (Å²) < 4.78 is 13.9. The number of nitrogens with zero attached hydrogens (tertiary/aromatic N) is 2. The van der Waals surface area contributed by atoms with Gasteiger partial charge in [0.15, 0.2) is 0 Å². The van der Waals surface area contributed by atoms with Crippen LogP contribution in [0.25, 0.3) is 0 Å². The van der Waals surface area contributed by atoms with Gasteiger partial charge in [0.1, 0.15) is 5.82 Å². The number of pyridine rings is 1. The van der Waals surface area contributed by atoms with Crippen molar-refractivity contribution in [2.75, 3.05) is 5.32 Å². The van der Waals surface area contributed by atoms with E-state index in [1.165, 1.54) is 30.5 Å². The number of benzene rings is 1. The normalized spacial score (nSPS) is 10.1. The number of nitro groups is 1. The zero-order valence-corrected chi connectivity index (χ0v) is 10.5. The fraction of sp³-hybridized carbons (Fsp3) is 0. The Kier molecular flexibility index (Phi) is 3.52. The van der Waals surface area contributed by atoms with Crippen molar-refractivity contribution in [3.63, 3.8) is 0 Å². The van der Waals surface area contributed by atoms with Gasteiger partial charge in [0.05, 0.1) is 10.6 Å². The molecule has 0 unspecified atom stereocenters. The van der Waals surface area contributed by atoms with Crippen molar-refractivity contribution in [3.8, 4) is 0 Å². The Bertz CT molecular complexity index is 607. The van der Waals surface area contributed by atoms with E-state index in [-0.39, 0.29) is 17.2 Å². The van der Waals surface area contributed by atoms with Crippen LogP contribution in [0.3, 0.4) is 0 Å². The fourth-order valence-corrected chi connectivity index (χ4v) is 1.67. The molecule has 0 aliphatic carbocycles. The first-order chi connectivity index (χ1) is 8.58. The average molecular weight is 312 g/mol. The van der Waals surface area contributed by atoms with E-state index >= 15 is 0 Å². The molecule has 0 aliphatic rings. The molecule has 0 aliphatic heterocycles. The fourth-order valence-electron chi connectivity index (χ4n) is 1.35. The average Bonchev–Trinajstić information content (AvgIpc) is 2.34. The van der Waals surface area contributed by atoms with Crippen LogP contribution >= 0.6 is 15.9 Å². The maximum atomic E-state index is 13.4. The Balaban J connectivity index is 2.41. The first kappa shape index (κ1) is 12.4. The third-order valence-corrected chi connectivity index (χ3v) is 2.59. The van der Waals surface area contributed by atoms with Crippen LogP contribution < -0.4 is 5.32 Å². The van der Waals surface area contributed by atoms with E-state index in [9.17, 15) is 14.5 Å². The standard InChI is InChI=1S/C11H7BrFN3O2/c12-7-5-10(16(17)18)11(14-6-7)15-9-4-2-1-3-8(9)13/h1-6H,(H,14,15). The number of nitrogens with one attached hydrogen (secondary N) is 1. The molecule has 5 nitrogen and oxygen atoms in total. The quantitative estimate of drug-likeness (QED) is 0.694. The highest BCUT2D eigenvalue weighted by Gasteiger charge is 2.16. The van der Waals surface area contributed by atoms with Gasteiger partial charge in [-0.15, -0.1) is 0 Å². The maximum absolute atomic E-state index is 13.4. The summed E-state index contributed by atoms with van der Waals surface area (Å²) in [5.74, 6) is -0.509. The summed E-state index contributed by atoms with van der Waals surface area (Å²) in [6, 6.07) is 7.19. The number of para-hydroxylation sites is 1. The lowest BCUT2D eigenvalue weighted by atomic mass is 10.3. The van der Waals surface area contributed by atoms with Gasteiger partial charge >= 0.3 is 5.69 Å². The Hall–Kier alpha value is -2.02. The van der Waals surface area contributed by atoms with Gasteiger partial charge in [-0.3, -0.25) is 10.1 Å². The SMILES string of the molecule is O=[N+]([O-])c1cc(Br)cnc1Nc1ccccc1F. The van der Waals surface area contributed by atoms with Crippen LogP contribution in [0, 0.1) is 15.9 Å². The minimum absolute atomic E-state index is 0.00620. The van der Waals surface area contributed by atoms with Crippen molar-refractivity contribution in [2.24, 2.45) is 0 Å². The van der Waals surface area contributed by atoms with E-state index in [4.69, 9.17) is 0 Å². The van der Waals surface area contributed by atoms with E-state index in [1.807, 2.05) is 0 Å². The van der Waals surface area contributed by atoms with Gasteiger partial charge in [-0.05, 0) is 28.1 Å². The van der Waals surface area contributed by atoms with Crippen LogP contribution in [0.4, 0.5) is 21.6 Å². The van der Waals surface area contributed by atoms with Crippen LogP contribution in [0.1, 0.15) is 0 Å². The van der Waals surface area contributed by atoms with Crippen LogP contribution in [-0.2, 0) is 0 Å². The van der Waals surface area contributed by atoms with Gasteiger partial charge in [0.2, 0.25) is 5.82 Å². The second-order valence-corrected chi connectivity index (χ2v) is 4.30. The Morgan fingerprint density at radius 2 is 2.11 bits per heavy atom. The number of rotatable bonds is 3. The van der Waals surface area contributed by atoms with Gasteiger partial charge in [-0.25, -0.2) is 9.37 Å². The highest BCUT2D eigenvalue weighted by molar-refractivity contribution is 9.10. The molecule has 2 rings (SSSR count). The molecule has 0 amide bonds. The summed E-state index contributed by atoms with van der Waals surface area (Å²) in [6.45, 7) is 0. The van der Waals surface area contributed by atoms with Crippen LogP contribution in [0.15, 0.2) is 41.0 Å². The molecular formula is C11H7BrFN3O2. The maximum Gasteiger partial charge on any atom is 0.312 e. The largest absolute Gasteiger partial charge is 0.332 e. The number of hydrogen-bond donors (Lipinski definition) is 1. The Morgan fingerprint density at radius 3 is 2.78 bits per heavy atom. The van der Waals surface area contributed by atoms with Gasteiger partial charge < -0.3 is 5.32 Å². The van der Waals surface area contributed by atoms with Crippen molar-refractivity contribution >= 4 is 33.1 Å². The molecule has 0 atom stereocenters. The highest BCUT2D eigenvalue weighted by atomic mass is 79.9. The molecule has 92 valence electrons. The van der Waals surface area contributed by atoms with Crippen molar-refractivity contribution in [3.05, 3.63) is 56.9 Å². The van der Waals surface area contributed by atoms with Crippen molar-refractivity contribution in [1.82, 2.24) is 4.98 Å². The van der Waals surface area contributed by atoms with Gasteiger partial charge in [0.25, 0.3) is 0 Å². The topological polar surface area (TPSA) is 68.1 Å². The first-order valence-electron chi connectivity index (χ1n) is 4.89. The molecule has 0 saturated carbocycles. The lowest BCUT2D eigenvalue weighted by Gasteiger charge is -2.06. The molecule has 2 aromatic rings. The molecule has 0 fully saturated rings. The molecule has 1 heterocycles. The summed E-state index contributed by atoms with van der Waals surface area (Å²) in [7, 11) is 0. The third kappa shape index (κ3) is 2.62. The number of anilines is 2. The van der Waals surface area contributed by atoms with E-state index in [0.29, 0.717) is 4.47 Å². The second-order valence-electron chi connectivity index (χ2n) is 3.38. The molecule has 0 radical (unpaired) electrons. The van der Waals surface area contributed by atoms with Gasteiger partial charge in [-0.1, -0.05) is 12.1 Å². The molecule has 18 heavy (non-hydrogen) atoms. The molecule has 0 saturated heterocycles. The Morgan fingerprint density at radius 1 is 1.39 bits per heavy atom. The molecule has 1 aromatic carbocycles. The lowest BCUT2D eigenvalue weighted by Crippen LogP contribution is -2.00. The number of aromatic nitrogens is 1. The molecule has 0 bridgehead atoms. The summed E-state index contributed by atoms with van der Waals surface area (Å²) in [6.07, 6.45) is 1.40. The molecule has 7 heteroatoms. The summed E-state index contributed by atoms with van der Waals surface area (Å²) in [5, 5.41) is 13.5. The highest BCUT2D eigenvalue weighted by Crippen LogP contribution is 2.28. The smallest absolute Gasteiger partial charge is 0.312 e. The lowest BCUT2D eigenvalue weighted by molar-refractivity contribution is -0.384. The van der Waals surface area contributed by atoms with Crippen LogP contribution in [0.5, 0.6) is 0 Å². The minimum Gasteiger partial charge on any atom is -0.332 e. The minimum atomic E-state index is -0.582. The molecule has 1 aromatic heterocycles. The Labute approximate surface area is 110 Å². The summed E-state index contributed by atoms with van der Waals surface area (Å²) >= 11 is 3.10. The van der Waals surface area contributed by atoms with E-state index in [0.717, 1.165) is 0 Å². The van der Waals surface area contributed by atoms with Crippen LogP contribution in [-0.4, -0.2) is 9.91 Å². The summed E-state index contributed by atoms with van der Waals surface area (Å²) in [5.41, 5.74) is -0.0944. The summed E-state index contributed by atoms with van der Waals surface area (Å²) in [4.78, 5) is 14.1. The molecular weight excluding hydrogens is 305 g/mol. The van der Waals surface area contributed by atoms with Crippen molar-refractivity contribution in [1.29, 1.82) is 0 Å². The second kappa shape index (κ2) is 5.09. The van der Waals surface area contributed by atoms with Crippen molar-refractivity contribution < 1.29 is 9.31 Å². The third-order valence-electron chi connectivity index (χ3n) is 2.16. The van der Waals surface area contributed by atoms with E-state index < -0.39 is 10.7 Å². The first-order valence-corrected chi connectivity index (χ1v) is 5.68. The number of halogens is 2. The van der Waals surface area contributed by atoms with Crippen molar-refractivity contribution in [2.45, 2.75) is 0 Å². The zero-order chi connectivity index (χ0) is 13.1. The van der Waals surface area contributed by atoms with E-state index in [2.05, 4.69) is 26.2 Å². The van der Waals surface area contributed by atoms with Gasteiger partial charge in [-0.2, -0.15) is 0 Å². The predicted octanol–water partition coefficient (Wildman–Crippen LogP) is 3.64.